The molecule has 0 atom stereocenters. The molecule has 1 heterocycles. The molecule has 0 N–H and O–H groups in total. The molecule has 0 saturated carbocycles. The molecule has 0 amide bonds. The molecular weight excluding hydrogens is 641 g/mol. The Kier molecular flexibility index (Phi) is 4.36. The number of rotatable bonds is 4. The van der Waals surface area contributed by atoms with Crippen molar-refractivity contribution >= 4 is 65.0 Å². The molecule has 0 aliphatic carbocycles. The Morgan fingerprint density at radius 3 is 1.83 bits per heavy atom. The van der Waals surface area contributed by atoms with Crippen LogP contribution >= 0.6 is 0 Å². The SMILES string of the molecule is [2H]c1c([2H])c(-c2c3ccccc3c(-c3cc(-c4ccccc4)cc4ccccc34)c3ccccc23)c([2H])c(-c2c([2H])c([2H])c([2H])c3oc4c5c([2H])c([2H])c([2H])c([2H])c5c([2H])c([2H])c4c23)c1[2H]. The van der Waals surface area contributed by atoms with Gasteiger partial charge in [0.15, 0.2) is 0 Å². The predicted molar refractivity (Wildman–Crippen MR) is 225 cm³/mol. The topological polar surface area (TPSA) is 13.1 Å². The van der Waals surface area contributed by atoms with Crippen LogP contribution in [0.15, 0.2) is 198 Å². The highest BCUT2D eigenvalue weighted by molar-refractivity contribution is 6.24. The van der Waals surface area contributed by atoms with Crippen molar-refractivity contribution in [3.63, 3.8) is 0 Å². The number of hydrogen-bond donors (Lipinski definition) is 0. The van der Waals surface area contributed by atoms with E-state index < -0.39 is 78.6 Å². The Labute approximate surface area is 325 Å². The maximum Gasteiger partial charge on any atom is 0.143 e. The van der Waals surface area contributed by atoms with Crippen molar-refractivity contribution in [3.05, 3.63) is 194 Å². The number of fused-ring (bicyclic) bond motifs is 8. The second-order valence-corrected chi connectivity index (χ2v) is 13.0. The van der Waals surface area contributed by atoms with Gasteiger partial charge in [-0.3, -0.25) is 0 Å². The maximum absolute atomic E-state index is 10.1. The summed E-state index contributed by atoms with van der Waals surface area (Å²) in [5, 5.41) is 3.97. The van der Waals surface area contributed by atoms with E-state index in [1.165, 1.54) is 0 Å². The van der Waals surface area contributed by atoms with Crippen LogP contribution in [-0.4, -0.2) is 0 Å². The van der Waals surface area contributed by atoms with E-state index in [1.54, 1.807) is 0 Å². The van der Waals surface area contributed by atoms with Gasteiger partial charge in [0.25, 0.3) is 0 Å². The lowest BCUT2D eigenvalue weighted by molar-refractivity contribution is 0.673. The van der Waals surface area contributed by atoms with Crippen LogP contribution in [0.5, 0.6) is 0 Å². The van der Waals surface area contributed by atoms with Crippen molar-refractivity contribution in [2.24, 2.45) is 0 Å². The molecule has 1 nitrogen and oxygen atoms in total. The first kappa shape index (κ1) is 19.6. The van der Waals surface area contributed by atoms with Gasteiger partial charge in [-0.15, -0.1) is 0 Å². The summed E-state index contributed by atoms with van der Waals surface area (Å²) >= 11 is 0. The highest BCUT2D eigenvalue weighted by atomic mass is 16.3. The van der Waals surface area contributed by atoms with Crippen LogP contribution in [-0.2, 0) is 0 Å². The van der Waals surface area contributed by atoms with Crippen LogP contribution in [0, 0.1) is 0 Å². The molecular formula is C52H32O. The summed E-state index contributed by atoms with van der Waals surface area (Å²) in [5.74, 6) is 0. The first-order valence-corrected chi connectivity index (χ1v) is 17.2. The van der Waals surface area contributed by atoms with E-state index in [9.17, 15) is 8.22 Å². The Morgan fingerprint density at radius 1 is 0.377 bits per heavy atom. The molecule has 0 spiro atoms. The summed E-state index contributed by atoms with van der Waals surface area (Å²) in [7, 11) is 0. The zero-order chi connectivity index (χ0) is 46.2. The van der Waals surface area contributed by atoms with Gasteiger partial charge >= 0.3 is 0 Å². The Hall–Kier alpha value is -6.96. The largest absolute Gasteiger partial charge is 0.455 e. The van der Waals surface area contributed by atoms with Crippen molar-refractivity contribution in [3.8, 4) is 44.5 Å². The van der Waals surface area contributed by atoms with Gasteiger partial charge in [-0.05, 0) is 112 Å². The number of hydrogen-bond acceptors (Lipinski definition) is 1. The third-order valence-electron chi connectivity index (χ3n) is 10.0. The molecule has 0 unspecified atom stereocenters. The van der Waals surface area contributed by atoms with Crippen LogP contribution in [0.25, 0.3) is 110 Å². The Balaban J connectivity index is 1.28. The van der Waals surface area contributed by atoms with E-state index in [-0.39, 0.29) is 49.4 Å². The molecule has 11 rings (SSSR count). The maximum atomic E-state index is 10.1. The first-order valence-electron chi connectivity index (χ1n) is 23.7. The normalized spacial score (nSPS) is 15.2. The Bertz CT molecular complexity index is 3920. The first-order chi connectivity index (χ1) is 31.7. The van der Waals surface area contributed by atoms with Crippen molar-refractivity contribution in [1.82, 2.24) is 0 Å². The summed E-state index contributed by atoms with van der Waals surface area (Å²) < 4.78 is 124. The summed E-state index contributed by atoms with van der Waals surface area (Å²) in [6, 6.07) is 30.4. The third-order valence-corrected chi connectivity index (χ3v) is 10.0. The van der Waals surface area contributed by atoms with Gasteiger partial charge in [0.1, 0.15) is 11.2 Å². The second kappa shape index (κ2) is 11.8. The zero-order valence-corrected chi connectivity index (χ0v) is 27.9. The molecule has 0 aliphatic rings. The van der Waals surface area contributed by atoms with Crippen LogP contribution in [0.1, 0.15) is 17.8 Å². The van der Waals surface area contributed by atoms with E-state index in [2.05, 4.69) is 36.4 Å². The molecule has 0 saturated heterocycles. The van der Waals surface area contributed by atoms with E-state index in [1.807, 2.05) is 78.9 Å². The van der Waals surface area contributed by atoms with Crippen LogP contribution in [0.3, 0.4) is 0 Å². The third kappa shape index (κ3) is 4.64. The minimum Gasteiger partial charge on any atom is -0.455 e. The molecule has 0 aliphatic heterocycles. The lowest BCUT2D eigenvalue weighted by atomic mass is 9.83. The van der Waals surface area contributed by atoms with Crippen molar-refractivity contribution in [2.75, 3.05) is 0 Å². The smallest absolute Gasteiger partial charge is 0.143 e. The molecule has 0 fully saturated rings. The predicted octanol–water partition coefficient (Wildman–Crippen LogP) is 14.9. The van der Waals surface area contributed by atoms with Crippen molar-refractivity contribution in [1.29, 1.82) is 0 Å². The summed E-state index contributed by atoms with van der Waals surface area (Å²) in [4.78, 5) is 0. The Morgan fingerprint density at radius 2 is 1.04 bits per heavy atom. The van der Waals surface area contributed by atoms with E-state index in [0.717, 1.165) is 43.8 Å². The number of benzene rings is 10. The van der Waals surface area contributed by atoms with Gasteiger partial charge in [-0.2, -0.15) is 0 Å². The van der Waals surface area contributed by atoms with Gasteiger partial charge in [-0.25, -0.2) is 0 Å². The van der Waals surface area contributed by atoms with Crippen LogP contribution < -0.4 is 0 Å². The zero-order valence-electron chi connectivity index (χ0n) is 40.9. The second-order valence-electron chi connectivity index (χ2n) is 13.0. The fraction of sp³-hybridized carbons (Fsp3) is 0. The fourth-order valence-corrected chi connectivity index (χ4v) is 7.75. The summed E-state index contributed by atoms with van der Waals surface area (Å²) in [5.41, 5.74) is 3.02. The lowest BCUT2D eigenvalue weighted by Gasteiger charge is -2.20. The van der Waals surface area contributed by atoms with Gasteiger partial charge < -0.3 is 4.42 Å². The molecule has 0 bridgehead atoms. The van der Waals surface area contributed by atoms with Crippen molar-refractivity contribution < 1.29 is 22.2 Å². The lowest BCUT2D eigenvalue weighted by Crippen LogP contribution is -1.93. The van der Waals surface area contributed by atoms with Crippen LogP contribution in [0.4, 0.5) is 0 Å². The molecule has 0 radical (unpaired) electrons. The molecule has 10 aromatic carbocycles. The van der Waals surface area contributed by atoms with Gasteiger partial charge in [0.05, 0.1) is 17.8 Å². The van der Waals surface area contributed by atoms with Gasteiger partial charge in [-0.1, -0.05) is 164 Å². The average Bonchev–Trinajstić information content (AvgIpc) is 3.73. The quantitative estimate of drug-likeness (QED) is 0.168. The molecule has 11 aromatic rings. The van der Waals surface area contributed by atoms with Crippen LogP contribution in [0.2, 0.25) is 0 Å². The van der Waals surface area contributed by atoms with Crippen molar-refractivity contribution in [2.45, 2.75) is 0 Å². The van der Waals surface area contributed by atoms with E-state index in [4.69, 9.17) is 14.0 Å². The molecule has 1 heteroatoms. The highest BCUT2D eigenvalue weighted by Gasteiger charge is 2.20. The van der Waals surface area contributed by atoms with Gasteiger partial charge in [0.2, 0.25) is 0 Å². The highest BCUT2D eigenvalue weighted by Crippen LogP contribution is 2.47. The molecule has 1 aromatic heterocycles. The summed E-state index contributed by atoms with van der Waals surface area (Å²) in [6.07, 6.45) is 0. The van der Waals surface area contributed by atoms with Gasteiger partial charge in [0, 0.05) is 16.2 Å². The average molecular weight is 686 g/mol. The summed E-state index contributed by atoms with van der Waals surface area (Å²) in [6.45, 7) is 0. The number of furan rings is 1. The molecule has 53 heavy (non-hydrogen) atoms. The van der Waals surface area contributed by atoms with E-state index in [0.29, 0.717) is 16.3 Å². The minimum atomic E-state index is -0.660. The standard InChI is InChI=1S/C52H32O/c1-2-14-33(15-3-1)38-31-35-17-5-6-20-39(35)47(32-38)50-44-24-10-8-22-42(44)49(43-23-9-11-25-45(43)50)37-19-12-18-36(30-37)40-26-13-27-48-51(40)46-29-28-34-16-4-7-21-41(34)52(46)53-48/h1-32H/i4D,7D,12D,13D,16D,18D,19D,21D,26D,27D,28D,29D,30D. The minimum absolute atomic E-state index is 0.0264. The fourth-order valence-electron chi connectivity index (χ4n) is 7.75. The van der Waals surface area contributed by atoms with E-state index >= 15 is 0 Å². The molecule has 246 valence electrons. The monoisotopic (exact) mass is 685 g/mol.